The Morgan fingerprint density at radius 2 is 1.24 bits per heavy atom. The van der Waals surface area contributed by atoms with Gasteiger partial charge in [0.15, 0.2) is 0 Å². The van der Waals surface area contributed by atoms with Crippen LogP contribution in [-0.4, -0.2) is 53.9 Å². The fraction of sp³-hybridized carbons (Fsp3) is 1.00. The Morgan fingerprint density at radius 1 is 0.857 bits per heavy atom. The summed E-state index contributed by atoms with van der Waals surface area (Å²) in [7, 11) is -5.14. The van der Waals surface area contributed by atoms with Gasteiger partial charge in [0, 0.05) is 6.42 Å². The van der Waals surface area contributed by atoms with Crippen LogP contribution < -0.4 is 0 Å². The number of rotatable bonds is 6. The summed E-state index contributed by atoms with van der Waals surface area (Å²) >= 11 is 0. The van der Waals surface area contributed by atoms with Crippen molar-refractivity contribution in [1.82, 2.24) is 0 Å². The highest BCUT2D eigenvalue weighted by Gasteiger charge is 2.81. The molecule has 0 aromatic heterocycles. The molecule has 128 valence electrons. The number of aliphatic hydroxyl groups excluding tert-OH is 1. The van der Waals surface area contributed by atoms with Crippen LogP contribution in [0, 0.1) is 0 Å². The van der Waals surface area contributed by atoms with Crippen molar-refractivity contribution in [2.24, 2.45) is 0 Å². The van der Waals surface area contributed by atoms with Crippen molar-refractivity contribution in [3.05, 3.63) is 0 Å². The van der Waals surface area contributed by atoms with Crippen molar-refractivity contribution >= 4 is 10.1 Å². The van der Waals surface area contributed by atoms with E-state index < -0.39 is 52.3 Å². The quantitative estimate of drug-likeness (QED) is 0.563. The lowest BCUT2D eigenvalue weighted by molar-refractivity contribution is -0.398. The first-order valence-electron chi connectivity index (χ1n) is 4.68. The smallest absolute Gasteiger partial charge is 0.392 e. The molecular weight excluding hydrogens is 351 g/mol. The fourth-order valence-corrected chi connectivity index (χ4v) is 1.74. The van der Waals surface area contributed by atoms with E-state index in [1.807, 2.05) is 0 Å². The first kappa shape index (κ1) is 20.2. The average Bonchev–Trinajstić information content (AvgIpc) is 2.10. The largest absolute Gasteiger partial charge is 0.460 e. The first-order valence-corrected chi connectivity index (χ1v) is 6.29. The predicted octanol–water partition coefficient (Wildman–Crippen LogP) is 2.09. The highest BCUT2D eigenvalue weighted by molar-refractivity contribution is 7.85. The molecule has 0 radical (unpaired) electrons. The molecular formula is C7H7F9O4S. The molecule has 0 aliphatic heterocycles. The Hall–Kier alpha value is -0.760. The Balaban J connectivity index is 5.40. The van der Waals surface area contributed by atoms with Crippen molar-refractivity contribution < 1.29 is 57.6 Å². The van der Waals surface area contributed by atoms with Gasteiger partial charge in [-0.3, -0.25) is 4.55 Å². The van der Waals surface area contributed by atoms with Gasteiger partial charge in [-0.05, 0) is 0 Å². The van der Waals surface area contributed by atoms with E-state index in [1.165, 1.54) is 0 Å². The number of aliphatic hydroxyl groups is 1. The molecule has 0 heterocycles. The SMILES string of the molecule is O=S(=O)(O)CC(O)CC(F)(F)C(F)(F)C(F)(F)C(F)(F)F. The molecule has 4 nitrogen and oxygen atoms in total. The van der Waals surface area contributed by atoms with Crippen LogP contribution in [0.25, 0.3) is 0 Å². The zero-order chi connectivity index (χ0) is 17.5. The summed E-state index contributed by atoms with van der Waals surface area (Å²) in [4.78, 5) is 0. The van der Waals surface area contributed by atoms with Crippen LogP contribution in [-0.2, 0) is 10.1 Å². The number of hydrogen-bond acceptors (Lipinski definition) is 3. The molecule has 0 spiro atoms. The van der Waals surface area contributed by atoms with Crippen molar-refractivity contribution in [1.29, 1.82) is 0 Å². The van der Waals surface area contributed by atoms with E-state index in [2.05, 4.69) is 0 Å². The Morgan fingerprint density at radius 3 is 1.52 bits per heavy atom. The van der Waals surface area contributed by atoms with Gasteiger partial charge in [-0.25, -0.2) is 0 Å². The summed E-state index contributed by atoms with van der Waals surface area (Å²) < 4.78 is 140. The standard InChI is InChI=1S/C7H7F9O4S/c8-4(9,1-3(17)2-21(18,19)20)5(10,11)6(12,13)7(14,15)16/h3,17H,1-2H2,(H,18,19,20). The number of halogens is 9. The average molecular weight is 358 g/mol. The highest BCUT2D eigenvalue weighted by atomic mass is 32.2. The number of alkyl halides is 9. The number of hydrogen-bond donors (Lipinski definition) is 2. The van der Waals surface area contributed by atoms with Crippen LogP contribution in [0.2, 0.25) is 0 Å². The Bertz CT molecular complexity index is 469. The summed E-state index contributed by atoms with van der Waals surface area (Å²) in [5.74, 6) is -22.1. The van der Waals surface area contributed by atoms with Gasteiger partial charge in [0.1, 0.15) is 5.75 Å². The van der Waals surface area contributed by atoms with Crippen LogP contribution in [0.5, 0.6) is 0 Å². The van der Waals surface area contributed by atoms with Gasteiger partial charge in [-0.2, -0.15) is 47.9 Å². The Kier molecular flexibility index (Phi) is 5.26. The van der Waals surface area contributed by atoms with E-state index in [1.54, 1.807) is 0 Å². The van der Waals surface area contributed by atoms with E-state index in [0.29, 0.717) is 0 Å². The maximum atomic E-state index is 12.9. The third kappa shape index (κ3) is 4.35. The van der Waals surface area contributed by atoms with Crippen LogP contribution in [0.4, 0.5) is 39.5 Å². The highest BCUT2D eigenvalue weighted by Crippen LogP contribution is 2.54. The normalized spacial score (nSPS) is 16.9. The maximum absolute atomic E-state index is 12.9. The molecule has 0 fully saturated rings. The van der Waals surface area contributed by atoms with Gasteiger partial charge in [-0.15, -0.1) is 0 Å². The molecule has 0 aliphatic carbocycles. The molecule has 1 atom stereocenters. The van der Waals surface area contributed by atoms with E-state index in [4.69, 9.17) is 9.66 Å². The van der Waals surface area contributed by atoms with Gasteiger partial charge >= 0.3 is 23.9 Å². The molecule has 0 saturated heterocycles. The zero-order valence-corrected chi connectivity index (χ0v) is 10.3. The van der Waals surface area contributed by atoms with Crippen LogP contribution in [0.15, 0.2) is 0 Å². The molecule has 0 rings (SSSR count). The van der Waals surface area contributed by atoms with Crippen molar-refractivity contribution in [3.63, 3.8) is 0 Å². The minimum absolute atomic E-state index is 1.95. The van der Waals surface area contributed by atoms with Crippen LogP contribution in [0.1, 0.15) is 6.42 Å². The minimum Gasteiger partial charge on any atom is -0.392 e. The molecule has 2 N–H and O–H groups in total. The lowest BCUT2D eigenvalue weighted by Crippen LogP contribution is -2.61. The second kappa shape index (κ2) is 5.46. The summed E-state index contributed by atoms with van der Waals surface area (Å²) in [6.45, 7) is 0. The fourth-order valence-electron chi connectivity index (χ4n) is 1.13. The summed E-state index contributed by atoms with van der Waals surface area (Å²) in [5.41, 5.74) is 0. The second-order valence-electron chi connectivity index (χ2n) is 3.96. The van der Waals surface area contributed by atoms with Gasteiger partial charge in [0.2, 0.25) is 0 Å². The molecule has 0 bridgehead atoms. The third-order valence-corrected chi connectivity index (χ3v) is 2.91. The summed E-state index contributed by atoms with van der Waals surface area (Å²) in [6.07, 6.45) is -12.7. The second-order valence-corrected chi connectivity index (χ2v) is 5.45. The lowest BCUT2D eigenvalue weighted by Gasteiger charge is -2.34. The maximum Gasteiger partial charge on any atom is 0.460 e. The zero-order valence-electron chi connectivity index (χ0n) is 9.51. The van der Waals surface area contributed by atoms with E-state index >= 15 is 0 Å². The van der Waals surface area contributed by atoms with E-state index in [0.717, 1.165) is 0 Å². The summed E-state index contributed by atoms with van der Waals surface area (Å²) in [6, 6.07) is 0. The molecule has 14 heteroatoms. The summed E-state index contributed by atoms with van der Waals surface area (Å²) in [5, 5.41) is 8.67. The predicted molar refractivity (Wildman–Crippen MR) is 47.9 cm³/mol. The lowest BCUT2D eigenvalue weighted by atomic mass is 9.99. The molecule has 1 unspecified atom stereocenters. The van der Waals surface area contributed by atoms with Gasteiger partial charge in [-0.1, -0.05) is 0 Å². The molecule has 0 aromatic rings. The first-order chi connectivity index (χ1) is 8.85. The minimum atomic E-state index is -7.12. The van der Waals surface area contributed by atoms with Gasteiger partial charge in [0.05, 0.1) is 6.10 Å². The molecule has 21 heavy (non-hydrogen) atoms. The van der Waals surface area contributed by atoms with Crippen molar-refractivity contribution in [2.45, 2.75) is 36.5 Å². The van der Waals surface area contributed by atoms with E-state index in [-0.39, 0.29) is 0 Å². The molecule has 0 saturated carbocycles. The van der Waals surface area contributed by atoms with E-state index in [9.17, 15) is 47.9 Å². The topological polar surface area (TPSA) is 74.6 Å². The van der Waals surface area contributed by atoms with Crippen molar-refractivity contribution in [2.75, 3.05) is 5.75 Å². The van der Waals surface area contributed by atoms with Gasteiger partial charge < -0.3 is 5.11 Å². The third-order valence-electron chi connectivity index (χ3n) is 2.10. The molecule has 0 aromatic carbocycles. The molecule has 0 aliphatic rings. The van der Waals surface area contributed by atoms with Crippen LogP contribution in [0.3, 0.4) is 0 Å². The van der Waals surface area contributed by atoms with Crippen molar-refractivity contribution in [3.8, 4) is 0 Å². The van der Waals surface area contributed by atoms with Gasteiger partial charge in [0.25, 0.3) is 10.1 Å². The molecule has 0 amide bonds. The Labute approximate surface area is 111 Å². The van der Waals surface area contributed by atoms with Crippen LogP contribution >= 0.6 is 0 Å². The monoisotopic (exact) mass is 358 g/mol.